The third kappa shape index (κ3) is 3.72. The maximum absolute atomic E-state index is 10.7. The van der Waals surface area contributed by atoms with E-state index in [9.17, 15) is 8.42 Å². The molecule has 1 fully saturated rings. The predicted molar refractivity (Wildman–Crippen MR) is 42.5 cm³/mol. The molecule has 0 heterocycles. The van der Waals surface area contributed by atoms with Crippen molar-refractivity contribution in [3.05, 3.63) is 6.42 Å². The molecule has 0 aromatic rings. The first kappa shape index (κ1) is 9.00. The van der Waals surface area contributed by atoms with Crippen molar-refractivity contribution in [1.82, 2.24) is 0 Å². The Labute approximate surface area is 67.9 Å². The van der Waals surface area contributed by atoms with E-state index in [4.69, 9.17) is 4.18 Å². The van der Waals surface area contributed by atoms with Gasteiger partial charge in [-0.1, -0.05) is 0 Å². The predicted octanol–water partition coefficient (Wildman–Crippen LogP) is 1.11. The molecule has 0 spiro atoms. The Hall–Kier alpha value is -0.0900. The van der Waals surface area contributed by atoms with Crippen molar-refractivity contribution >= 4 is 10.1 Å². The highest BCUT2D eigenvalue weighted by atomic mass is 32.2. The fraction of sp³-hybridized carbons (Fsp3) is 0.857. The van der Waals surface area contributed by atoms with Gasteiger partial charge in [-0.15, -0.1) is 0 Å². The highest BCUT2D eigenvalue weighted by molar-refractivity contribution is 7.86. The first-order valence-corrected chi connectivity index (χ1v) is 5.59. The molecule has 4 heteroatoms. The summed E-state index contributed by atoms with van der Waals surface area (Å²) in [5.74, 6) is 0. The standard InChI is InChI=1S/C7H13O3S/c1-11(8,9)10-7-5-3-2-4-6-7/h2,7H,3-6H2,1H3. The van der Waals surface area contributed by atoms with Crippen LogP contribution in [0.1, 0.15) is 25.7 Å². The van der Waals surface area contributed by atoms with Crippen LogP contribution in [0.15, 0.2) is 0 Å². The molecule has 0 unspecified atom stereocenters. The summed E-state index contributed by atoms with van der Waals surface area (Å²) in [5, 5.41) is 0. The van der Waals surface area contributed by atoms with Gasteiger partial charge in [-0.3, -0.25) is 4.18 Å². The van der Waals surface area contributed by atoms with Gasteiger partial charge in [0.05, 0.1) is 12.4 Å². The molecule has 0 aliphatic heterocycles. The second-order valence-corrected chi connectivity index (χ2v) is 4.47. The van der Waals surface area contributed by atoms with Crippen LogP contribution in [-0.2, 0) is 14.3 Å². The molecule has 0 atom stereocenters. The molecule has 0 amide bonds. The van der Waals surface area contributed by atoms with Crippen LogP contribution in [0.3, 0.4) is 0 Å². The molecule has 0 bridgehead atoms. The van der Waals surface area contributed by atoms with Crippen LogP contribution in [0.5, 0.6) is 0 Å². The van der Waals surface area contributed by atoms with Crippen molar-refractivity contribution in [2.75, 3.05) is 6.26 Å². The van der Waals surface area contributed by atoms with E-state index in [1.807, 2.05) is 0 Å². The Balaban J connectivity index is 2.36. The third-order valence-corrected chi connectivity index (χ3v) is 2.32. The van der Waals surface area contributed by atoms with Crippen molar-refractivity contribution in [1.29, 1.82) is 0 Å². The summed E-state index contributed by atoms with van der Waals surface area (Å²) < 4.78 is 26.2. The van der Waals surface area contributed by atoms with Gasteiger partial charge in [0, 0.05) is 0 Å². The summed E-state index contributed by atoms with van der Waals surface area (Å²) >= 11 is 0. The topological polar surface area (TPSA) is 43.4 Å². The van der Waals surface area contributed by atoms with Crippen LogP contribution in [-0.4, -0.2) is 20.8 Å². The molecule has 1 aliphatic carbocycles. The number of rotatable bonds is 2. The summed E-state index contributed by atoms with van der Waals surface area (Å²) in [6, 6.07) is 0. The van der Waals surface area contributed by atoms with E-state index in [0.29, 0.717) is 0 Å². The second kappa shape index (κ2) is 3.54. The molecular weight excluding hydrogens is 164 g/mol. The molecule has 0 saturated heterocycles. The SMILES string of the molecule is CS(=O)(=O)OC1CC[CH]CC1. The van der Waals surface area contributed by atoms with Gasteiger partial charge in [-0.05, 0) is 32.1 Å². The van der Waals surface area contributed by atoms with Crippen LogP contribution in [0.2, 0.25) is 0 Å². The molecule has 1 rings (SSSR count). The lowest BCUT2D eigenvalue weighted by Gasteiger charge is -2.19. The molecule has 0 aromatic carbocycles. The highest BCUT2D eigenvalue weighted by Gasteiger charge is 2.17. The van der Waals surface area contributed by atoms with E-state index < -0.39 is 10.1 Å². The van der Waals surface area contributed by atoms with Crippen LogP contribution in [0.4, 0.5) is 0 Å². The lowest BCUT2D eigenvalue weighted by Crippen LogP contribution is -2.20. The summed E-state index contributed by atoms with van der Waals surface area (Å²) in [5.41, 5.74) is 0. The summed E-state index contributed by atoms with van der Waals surface area (Å²) in [6.07, 6.45) is 6.82. The van der Waals surface area contributed by atoms with Crippen molar-refractivity contribution in [3.63, 3.8) is 0 Å². The van der Waals surface area contributed by atoms with E-state index in [1.165, 1.54) is 0 Å². The van der Waals surface area contributed by atoms with Gasteiger partial charge < -0.3 is 0 Å². The van der Waals surface area contributed by atoms with Gasteiger partial charge in [-0.2, -0.15) is 8.42 Å². The monoisotopic (exact) mass is 177 g/mol. The number of hydrogen-bond acceptors (Lipinski definition) is 3. The van der Waals surface area contributed by atoms with E-state index >= 15 is 0 Å². The minimum atomic E-state index is -3.24. The Morgan fingerprint density at radius 3 is 2.36 bits per heavy atom. The minimum absolute atomic E-state index is 0.0741. The Morgan fingerprint density at radius 2 is 1.91 bits per heavy atom. The summed E-state index contributed by atoms with van der Waals surface area (Å²) in [4.78, 5) is 0. The first-order chi connectivity index (χ1) is 5.08. The molecule has 11 heavy (non-hydrogen) atoms. The van der Waals surface area contributed by atoms with Gasteiger partial charge in [-0.25, -0.2) is 0 Å². The van der Waals surface area contributed by atoms with Crippen LogP contribution in [0.25, 0.3) is 0 Å². The minimum Gasteiger partial charge on any atom is -0.267 e. The van der Waals surface area contributed by atoms with Gasteiger partial charge >= 0.3 is 0 Å². The van der Waals surface area contributed by atoms with E-state index in [2.05, 4.69) is 6.42 Å². The lowest BCUT2D eigenvalue weighted by atomic mass is 9.98. The lowest BCUT2D eigenvalue weighted by molar-refractivity contribution is 0.177. The van der Waals surface area contributed by atoms with E-state index in [0.717, 1.165) is 31.9 Å². The normalized spacial score (nSPS) is 21.9. The Kier molecular flexibility index (Phi) is 2.90. The Morgan fingerprint density at radius 1 is 1.36 bits per heavy atom. The highest BCUT2D eigenvalue weighted by Crippen LogP contribution is 2.20. The molecule has 1 aliphatic rings. The Bertz CT molecular complexity index is 202. The van der Waals surface area contributed by atoms with Crippen molar-refractivity contribution in [2.24, 2.45) is 0 Å². The maximum atomic E-state index is 10.7. The molecule has 3 nitrogen and oxygen atoms in total. The molecule has 1 radical (unpaired) electrons. The third-order valence-electron chi connectivity index (χ3n) is 1.70. The first-order valence-electron chi connectivity index (χ1n) is 3.78. The average Bonchev–Trinajstić information content (AvgIpc) is 1.85. The number of hydrogen-bond donors (Lipinski definition) is 0. The van der Waals surface area contributed by atoms with Crippen LogP contribution >= 0.6 is 0 Å². The van der Waals surface area contributed by atoms with Crippen molar-refractivity contribution < 1.29 is 12.6 Å². The average molecular weight is 177 g/mol. The quantitative estimate of drug-likeness (QED) is 0.593. The molecule has 0 aromatic heterocycles. The van der Waals surface area contributed by atoms with Gasteiger partial charge in [0.25, 0.3) is 10.1 Å². The zero-order chi connectivity index (χ0) is 8.32. The molecule has 0 N–H and O–H groups in total. The fourth-order valence-electron chi connectivity index (χ4n) is 1.24. The summed E-state index contributed by atoms with van der Waals surface area (Å²) in [6.45, 7) is 0. The molecule has 1 saturated carbocycles. The zero-order valence-electron chi connectivity index (χ0n) is 6.62. The largest absolute Gasteiger partial charge is 0.267 e. The van der Waals surface area contributed by atoms with Gasteiger partial charge in [0.1, 0.15) is 0 Å². The fourth-order valence-corrected chi connectivity index (χ4v) is 1.93. The maximum Gasteiger partial charge on any atom is 0.264 e. The molecule has 65 valence electrons. The van der Waals surface area contributed by atoms with Crippen molar-refractivity contribution in [3.8, 4) is 0 Å². The van der Waals surface area contributed by atoms with Gasteiger partial charge in [0.2, 0.25) is 0 Å². The smallest absolute Gasteiger partial charge is 0.264 e. The zero-order valence-corrected chi connectivity index (χ0v) is 7.43. The van der Waals surface area contributed by atoms with Crippen LogP contribution in [0, 0.1) is 6.42 Å². The summed E-state index contributed by atoms with van der Waals surface area (Å²) in [7, 11) is -3.24. The van der Waals surface area contributed by atoms with E-state index in [-0.39, 0.29) is 6.10 Å². The van der Waals surface area contributed by atoms with Crippen LogP contribution < -0.4 is 0 Å². The second-order valence-electron chi connectivity index (χ2n) is 2.87. The van der Waals surface area contributed by atoms with E-state index in [1.54, 1.807) is 0 Å². The van der Waals surface area contributed by atoms with Gasteiger partial charge in [0.15, 0.2) is 0 Å². The molecular formula is C7H13O3S. The van der Waals surface area contributed by atoms with Crippen molar-refractivity contribution in [2.45, 2.75) is 31.8 Å².